The number of hydrazine groups is 1. The number of halogens is 4. The van der Waals surface area contributed by atoms with Crippen molar-refractivity contribution in [1.82, 2.24) is 5.43 Å². The van der Waals surface area contributed by atoms with E-state index in [0.29, 0.717) is 5.02 Å². The van der Waals surface area contributed by atoms with Crippen LogP contribution in [-0.2, 0) is 4.79 Å². The third-order valence-electron chi connectivity index (χ3n) is 4.59. The zero-order valence-electron chi connectivity index (χ0n) is 16.4. The Morgan fingerprint density at radius 3 is 2.24 bits per heavy atom. The molecule has 33 heavy (non-hydrogen) atoms. The molecule has 1 saturated heterocycles. The highest BCUT2D eigenvalue weighted by Crippen LogP contribution is 2.38. The summed E-state index contributed by atoms with van der Waals surface area (Å²) in [6.45, 7) is 0. The van der Waals surface area contributed by atoms with Crippen molar-refractivity contribution in [2.45, 2.75) is 0 Å². The molecule has 11 heteroatoms. The van der Waals surface area contributed by atoms with Crippen LogP contribution in [0.5, 0.6) is 0 Å². The largest absolute Gasteiger partial charge is 0.280 e. The first kappa shape index (κ1) is 23.1. The summed E-state index contributed by atoms with van der Waals surface area (Å²) >= 11 is 24.8. The third kappa shape index (κ3) is 4.82. The fraction of sp³-hybridized carbons (Fsp3) is 0. The number of hydrogen-bond donors (Lipinski definition) is 1. The fourth-order valence-corrected chi connectivity index (χ4v) is 4.24. The Bertz CT molecular complexity index is 1320. The molecule has 1 fully saturated rings. The molecule has 4 rings (SSSR count). The highest BCUT2D eigenvalue weighted by atomic mass is 35.5. The number of benzene rings is 3. The minimum absolute atomic E-state index is 0.105. The maximum atomic E-state index is 13.4. The molecule has 0 aliphatic carbocycles. The lowest BCUT2D eigenvalue weighted by molar-refractivity contribution is -0.384. The highest BCUT2D eigenvalue weighted by molar-refractivity contribution is 6.44. The number of nitrogens with one attached hydrogen (secondary N) is 1. The molecular formula is C22H12Cl4N4O3. The summed E-state index contributed by atoms with van der Waals surface area (Å²) in [6, 6.07) is 15.8. The zero-order chi connectivity index (χ0) is 23.7. The number of anilines is 1. The fourth-order valence-electron chi connectivity index (χ4n) is 3.10. The van der Waals surface area contributed by atoms with E-state index in [9.17, 15) is 14.9 Å². The van der Waals surface area contributed by atoms with E-state index in [1.54, 1.807) is 6.08 Å². The SMILES string of the molecule is O=C1C(=Cc2ccccc2)C(=Nc2cc([N+](=O)[O-])ccc2Cl)NN1c1c(Cl)cc(Cl)cc1Cl. The minimum atomic E-state index is -0.562. The van der Waals surface area contributed by atoms with E-state index in [4.69, 9.17) is 46.4 Å². The summed E-state index contributed by atoms with van der Waals surface area (Å²) in [6.07, 6.45) is 1.62. The van der Waals surface area contributed by atoms with E-state index in [2.05, 4.69) is 10.4 Å². The Morgan fingerprint density at radius 1 is 0.939 bits per heavy atom. The minimum Gasteiger partial charge on any atom is -0.273 e. The molecular weight excluding hydrogens is 510 g/mol. The van der Waals surface area contributed by atoms with Gasteiger partial charge in [-0.3, -0.25) is 20.3 Å². The molecule has 0 radical (unpaired) electrons. The Kier molecular flexibility index (Phi) is 6.58. The number of hydrogen-bond acceptors (Lipinski definition) is 4. The Hall–Kier alpha value is -3.10. The maximum Gasteiger partial charge on any atom is 0.280 e. The standard InChI is InChI=1S/C22H12Cl4N4O3/c23-13-9-17(25)20(18(26)10-13)29-22(31)15(8-12-4-2-1-3-5-12)21(28-29)27-19-11-14(30(32)33)6-7-16(19)24/h1-11H,(H,27,28). The van der Waals surface area contributed by atoms with E-state index in [1.807, 2.05) is 30.3 Å². The van der Waals surface area contributed by atoms with Gasteiger partial charge in [-0.15, -0.1) is 0 Å². The number of amidine groups is 1. The normalized spacial score (nSPS) is 15.9. The number of nitro groups is 1. The van der Waals surface area contributed by atoms with Gasteiger partial charge in [0.15, 0.2) is 5.84 Å². The first-order valence-electron chi connectivity index (χ1n) is 9.30. The average molecular weight is 522 g/mol. The second-order valence-electron chi connectivity index (χ2n) is 6.79. The first-order valence-corrected chi connectivity index (χ1v) is 10.8. The number of carbonyl (C=O) groups excluding carboxylic acids is 1. The second-order valence-corrected chi connectivity index (χ2v) is 8.45. The molecule has 166 valence electrons. The number of carbonyl (C=O) groups is 1. The van der Waals surface area contributed by atoms with Gasteiger partial charge in [-0.2, -0.15) is 0 Å². The second kappa shape index (κ2) is 9.41. The Labute approximate surface area is 208 Å². The van der Waals surface area contributed by atoms with Crippen LogP contribution in [0.4, 0.5) is 17.1 Å². The smallest absolute Gasteiger partial charge is 0.273 e. The first-order chi connectivity index (χ1) is 15.7. The van der Waals surface area contributed by atoms with Crippen molar-refractivity contribution in [3.63, 3.8) is 0 Å². The zero-order valence-corrected chi connectivity index (χ0v) is 19.5. The summed E-state index contributed by atoms with van der Waals surface area (Å²) in [5.74, 6) is -0.390. The van der Waals surface area contributed by atoms with Gasteiger partial charge in [0.05, 0.1) is 31.3 Å². The maximum absolute atomic E-state index is 13.4. The predicted molar refractivity (Wildman–Crippen MR) is 132 cm³/mol. The van der Waals surface area contributed by atoms with E-state index >= 15 is 0 Å². The van der Waals surface area contributed by atoms with Gasteiger partial charge in [-0.05, 0) is 29.8 Å². The van der Waals surface area contributed by atoms with Gasteiger partial charge in [-0.1, -0.05) is 76.7 Å². The highest BCUT2D eigenvalue weighted by Gasteiger charge is 2.35. The van der Waals surface area contributed by atoms with Gasteiger partial charge in [0, 0.05) is 17.2 Å². The van der Waals surface area contributed by atoms with Crippen LogP contribution in [0.3, 0.4) is 0 Å². The molecule has 1 amide bonds. The number of rotatable bonds is 4. The Balaban J connectivity index is 1.87. The number of non-ortho nitro benzene ring substituents is 1. The molecule has 1 heterocycles. The number of nitrogens with zero attached hydrogens (tertiary/aromatic N) is 3. The third-order valence-corrected chi connectivity index (χ3v) is 5.71. The molecule has 0 unspecified atom stereocenters. The van der Waals surface area contributed by atoms with E-state index in [0.717, 1.165) is 10.6 Å². The van der Waals surface area contributed by atoms with Crippen LogP contribution in [0.2, 0.25) is 20.1 Å². The van der Waals surface area contributed by atoms with E-state index in [-0.39, 0.29) is 43.5 Å². The van der Waals surface area contributed by atoms with E-state index in [1.165, 1.54) is 30.3 Å². The molecule has 0 spiro atoms. The molecule has 0 aromatic heterocycles. The summed E-state index contributed by atoms with van der Waals surface area (Å²) < 4.78 is 0. The molecule has 3 aromatic rings. The number of aliphatic imine (C=N–C) groups is 1. The molecule has 0 bridgehead atoms. The molecule has 0 saturated carbocycles. The summed E-state index contributed by atoms with van der Waals surface area (Å²) in [5.41, 5.74) is 3.87. The molecule has 7 nitrogen and oxygen atoms in total. The summed E-state index contributed by atoms with van der Waals surface area (Å²) in [4.78, 5) is 28.4. The van der Waals surface area contributed by atoms with Crippen molar-refractivity contribution < 1.29 is 9.72 Å². The summed E-state index contributed by atoms with van der Waals surface area (Å²) in [5, 5.41) is 13.1. The van der Waals surface area contributed by atoms with Crippen molar-refractivity contribution in [3.05, 3.63) is 102 Å². The van der Waals surface area contributed by atoms with Gasteiger partial charge < -0.3 is 0 Å². The van der Waals surface area contributed by atoms with Crippen molar-refractivity contribution in [1.29, 1.82) is 0 Å². The Morgan fingerprint density at radius 2 is 1.61 bits per heavy atom. The van der Waals surface area contributed by atoms with Crippen molar-refractivity contribution in [3.8, 4) is 0 Å². The van der Waals surface area contributed by atoms with Gasteiger partial charge in [-0.25, -0.2) is 10.0 Å². The lowest BCUT2D eigenvalue weighted by atomic mass is 10.1. The van der Waals surface area contributed by atoms with Crippen LogP contribution < -0.4 is 10.4 Å². The van der Waals surface area contributed by atoms with E-state index < -0.39 is 10.8 Å². The van der Waals surface area contributed by atoms with Crippen LogP contribution in [0.15, 0.2) is 71.2 Å². The molecule has 1 aliphatic rings. The van der Waals surface area contributed by atoms with Gasteiger partial charge in [0.1, 0.15) is 5.69 Å². The van der Waals surface area contributed by atoms with Crippen LogP contribution in [0, 0.1) is 10.1 Å². The quantitative estimate of drug-likeness (QED) is 0.230. The van der Waals surface area contributed by atoms with Gasteiger partial charge >= 0.3 is 0 Å². The molecule has 1 aliphatic heterocycles. The molecule has 0 atom stereocenters. The molecule has 1 N–H and O–H groups in total. The number of amides is 1. The van der Waals surface area contributed by atoms with Crippen LogP contribution in [-0.4, -0.2) is 16.7 Å². The van der Waals surface area contributed by atoms with Crippen LogP contribution in [0.25, 0.3) is 6.08 Å². The summed E-state index contributed by atoms with van der Waals surface area (Å²) in [7, 11) is 0. The van der Waals surface area contributed by atoms with Crippen molar-refractivity contribution in [2.75, 3.05) is 5.01 Å². The average Bonchev–Trinajstić information content (AvgIpc) is 3.04. The molecule has 3 aromatic carbocycles. The van der Waals surface area contributed by atoms with Gasteiger partial charge in [0.25, 0.3) is 11.6 Å². The van der Waals surface area contributed by atoms with Gasteiger partial charge in [0.2, 0.25) is 0 Å². The monoisotopic (exact) mass is 520 g/mol. The lowest BCUT2D eigenvalue weighted by Crippen LogP contribution is -2.36. The predicted octanol–water partition coefficient (Wildman–Crippen LogP) is 6.87. The van der Waals surface area contributed by atoms with Crippen molar-refractivity contribution in [2.24, 2.45) is 4.99 Å². The topological polar surface area (TPSA) is 87.8 Å². The van der Waals surface area contributed by atoms with Crippen molar-refractivity contribution >= 4 is 81.3 Å². The number of nitro benzene ring substituents is 1. The lowest BCUT2D eigenvalue weighted by Gasteiger charge is -2.18. The van der Waals surface area contributed by atoms with Crippen LogP contribution >= 0.6 is 46.4 Å². The van der Waals surface area contributed by atoms with Crippen LogP contribution in [0.1, 0.15) is 5.56 Å².